The zero-order chi connectivity index (χ0) is 20.4. The van der Waals surface area contributed by atoms with E-state index in [1.54, 1.807) is 25.7 Å². The van der Waals surface area contributed by atoms with Gasteiger partial charge in [-0.05, 0) is 33.6 Å². The molecule has 1 aliphatic rings. The van der Waals surface area contributed by atoms with E-state index in [4.69, 9.17) is 9.47 Å². The summed E-state index contributed by atoms with van der Waals surface area (Å²) in [6.07, 6.45) is 0.575. The molecule has 2 rings (SSSR count). The molecule has 1 aromatic rings. The molecule has 1 saturated heterocycles. The summed E-state index contributed by atoms with van der Waals surface area (Å²) < 4.78 is 12.9. The molecule has 9 heteroatoms. The van der Waals surface area contributed by atoms with Crippen LogP contribution in [-0.4, -0.2) is 44.8 Å². The number of piperidine rings is 1. The lowest BCUT2D eigenvalue weighted by Crippen LogP contribution is -2.43. The van der Waals surface area contributed by atoms with Crippen LogP contribution in [0.5, 0.6) is 0 Å². The van der Waals surface area contributed by atoms with Gasteiger partial charge in [-0.15, -0.1) is 0 Å². The van der Waals surface area contributed by atoms with Crippen LogP contribution in [-0.2, 0) is 35.0 Å². The Morgan fingerprint density at radius 1 is 1.11 bits per heavy atom. The van der Waals surface area contributed by atoms with Crippen molar-refractivity contribution in [1.82, 2.24) is 14.0 Å². The zero-order valence-corrected chi connectivity index (χ0v) is 16.5. The Bertz CT molecular complexity index is 825. The Balaban J connectivity index is 1.90. The molecular weight excluding hydrogens is 354 g/mol. The second-order valence-electron chi connectivity index (χ2n) is 7.72. The van der Waals surface area contributed by atoms with Gasteiger partial charge >= 0.3 is 17.8 Å². The van der Waals surface area contributed by atoms with Crippen LogP contribution in [0.1, 0.15) is 39.3 Å². The lowest BCUT2D eigenvalue weighted by atomic mass is 9.97. The van der Waals surface area contributed by atoms with Crippen LogP contribution in [0.15, 0.2) is 15.7 Å². The number of likely N-dealkylation sites (tertiary alicyclic amines) is 1. The van der Waals surface area contributed by atoms with Gasteiger partial charge < -0.3 is 14.4 Å². The molecule has 1 amide bonds. The van der Waals surface area contributed by atoms with E-state index in [-0.39, 0.29) is 18.6 Å². The molecule has 0 aromatic carbocycles. The first-order valence-electron chi connectivity index (χ1n) is 8.90. The van der Waals surface area contributed by atoms with E-state index in [2.05, 4.69) is 0 Å². The largest absolute Gasteiger partial charge is 0.459 e. The van der Waals surface area contributed by atoms with Gasteiger partial charge in [-0.25, -0.2) is 9.59 Å². The average molecular weight is 381 g/mol. The van der Waals surface area contributed by atoms with Gasteiger partial charge in [0.05, 0.1) is 11.6 Å². The minimum absolute atomic E-state index is 0.146. The summed E-state index contributed by atoms with van der Waals surface area (Å²) in [7, 11) is 2.91. The van der Waals surface area contributed by atoms with Crippen LogP contribution < -0.4 is 11.2 Å². The third-order valence-corrected chi connectivity index (χ3v) is 4.47. The van der Waals surface area contributed by atoms with Crippen molar-refractivity contribution in [3.05, 3.63) is 32.6 Å². The highest BCUT2D eigenvalue weighted by Gasteiger charge is 2.30. The van der Waals surface area contributed by atoms with E-state index in [1.165, 1.54) is 24.7 Å². The van der Waals surface area contributed by atoms with Gasteiger partial charge in [-0.3, -0.25) is 18.7 Å². The molecule has 0 aliphatic carbocycles. The second-order valence-corrected chi connectivity index (χ2v) is 7.72. The third kappa shape index (κ3) is 5.21. The number of hydrogen-bond donors (Lipinski definition) is 0. The predicted octanol–water partition coefficient (Wildman–Crippen LogP) is 0.774. The lowest BCUT2D eigenvalue weighted by Gasteiger charge is -2.32. The van der Waals surface area contributed by atoms with Gasteiger partial charge in [-0.1, -0.05) is 0 Å². The third-order valence-electron chi connectivity index (χ3n) is 4.47. The molecule has 1 aromatic heterocycles. The molecular formula is C18H27N3O6. The average Bonchev–Trinajstić information content (AvgIpc) is 2.60. The number of aromatic nitrogens is 2. The molecule has 0 unspecified atom stereocenters. The van der Waals surface area contributed by atoms with Crippen molar-refractivity contribution in [3.8, 4) is 0 Å². The molecule has 0 bridgehead atoms. The molecule has 0 radical (unpaired) electrons. The van der Waals surface area contributed by atoms with Gasteiger partial charge in [0.1, 0.15) is 12.2 Å². The van der Waals surface area contributed by atoms with Crippen LogP contribution in [0.2, 0.25) is 0 Å². The molecule has 1 fully saturated rings. The van der Waals surface area contributed by atoms with Crippen molar-refractivity contribution in [2.24, 2.45) is 20.0 Å². The first kappa shape index (κ1) is 20.7. The second kappa shape index (κ2) is 7.98. The van der Waals surface area contributed by atoms with Gasteiger partial charge in [0.25, 0.3) is 5.56 Å². The molecule has 27 heavy (non-hydrogen) atoms. The first-order chi connectivity index (χ1) is 12.5. The van der Waals surface area contributed by atoms with Crippen LogP contribution in [0, 0.1) is 5.92 Å². The van der Waals surface area contributed by atoms with Crippen LogP contribution in [0.3, 0.4) is 0 Å². The SMILES string of the molecule is Cn1c(COC(=O)C2CCN(C(=O)OC(C)(C)C)CC2)cc(=O)n(C)c1=O. The summed E-state index contributed by atoms with van der Waals surface area (Å²) in [6.45, 7) is 6.10. The number of amides is 1. The maximum Gasteiger partial charge on any atom is 0.410 e. The normalized spacial score (nSPS) is 15.5. The van der Waals surface area contributed by atoms with Gasteiger partial charge in [0, 0.05) is 33.3 Å². The molecule has 0 spiro atoms. The minimum Gasteiger partial charge on any atom is -0.459 e. The van der Waals surface area contributed by atoms with Gasteiger partial charge in [0.2, 0.25) is 0 Å². The van der Waals surface area contributed by atoms with Gasteiger partial charge in [0.15, 0.2) is 0 Å². The summed E-state index contributed by atoms with van der Waals surface area (Å²) in [4.78, 5) is 49.5. The zero-order valence-electron chi connectivity index (χ0n) is 16.5. The number of ether oxygens (including phenoxy) is 2. The van der Waals surface area contributed by atoms with Crippen LogP contribution in [0.4, 0.5) is 4.79 Å². The minimum atomic E-state index is -0.560. The fraction of sp³-hybridized carbons (Fsp3) is 0.667. The molecule has 1 aliphatic heterocycles. The Morgan fingerprint density at radius 2 is 1.70 bits per heavy atom. The number of rotatable bonds is 3. The Hall–Kier alpha value is -2.58. The maximum absolute atomic E-state index is 12.3. The molecule has 2 heterocycles. The lowest BCUT2D eigenvalue weighted by molar-refractivity contribution is -0.151. The van der Waals surface area contributed by atoms with Crippen molar-refractivity contribution in [2.75, 3.05) is 13.1 Å². The van der Waals surface area contributed by atoms with Crippen molar-refractivity contribution in [3.63, 3.8) is 0 Å². The Labute approximate surface area is 157 Å². The Kier molecular flexibility index (Phi) is 6.12. The fourth-order valence-corrected chi connectivity index (χ4v) is 2.80. The van der Waals surface area contributed by atoms with Crippen molar-refractivity contribution in [2.45, 2.75) is 45.8 Å². The summed E-state index contributed by atoms with van der Waals surface area (Å²) >= 11 is 0. The number of nitrogens with zero attached hydrogens (tertiary/aromatic N) is 3. The Morgan fingerprint density at radius 3 is 2.26 bits per heavy atom. The summed E-state index contributed by atoms with van der Waals surface area (Å²) in [6, 6.07) is 1.28. The predicted molar refractivity (Wildman–Crippen MR) is 97.3 cm³/mol. The standard InChI is InChI=1S/C18H27N3O6/c1-18(2,3)27-17(25)21-8-6-12(7-9-21)15(23)26-11-13-10-14(22)20(5)16(24)19(13)4/h10,12H,6-9,11H2,1-5H3. The highest BCUT2D eigenvalue weighted by molar-refractivity contribution is 5.73. The number of carbonyl (C=O) groups is 2. The van der Waals surface area contributed by atoms with E-state index >= 15 is 0 Å². The number of hydrogen-bond acceptors (Lipinski definition) is 6. The van der Waals surface area contributed by atoms with Crippen molar-refractivity contribution >= 4 is 12.1 Å². The van der Waals surface area contributed by atoms with Crippen LogP contribution >= 0.6 is 0 Å². The van der Waals surface area contributed by atoms with E-state index in [9.17, 15) is 19.2 Å². The summed E-state index contributed by atoms with van der Waals surface area (Å²) in [5, 5.41) is 0. The molecule has 0 atom stereocenters. The molecule has 9 nitrogen and oxygen atoms in total. The summed E-state index contributed by atoms with van der Waals surface area (Å²) in [5.74, 6) is -0.723. The van der Waals surface area contributed by atoms with Gasteiger partial charge in [-0.2, -0.15) is 0 Å². The van der Waals surface area contributed by atoms with Crippen molar-refractivity contribution < 1.29 is 19.1 Å². The quantitative estimate of drug-likeness (QED) is 0.717. The fourth-order valence-electron chi connectivity index (χ4n) is 2.80. The van der Waals surface area contributed by atoms with E-state index < -0.39 is 22.8 Å². The molecule has 0 N–H and O–H groups in total. The highest BCUT2D eigenvalue weighted by Crippen LogP contribution is 2.21. The van der Waals surface area contributed by atoms with Crippen molar-refractivity contribution in [1.29, 1.82) is 0 Å². The maximum atomic E-state index is 12.3. The monoisotopic (exact) mass is 381 g/mol. The summed E-state index contributed by atoms with van der Waals surface area (Å²) in [5.41, 5.74) is -1.15. The van der Waals surface area contributed by atoms with E-state index in [0.717, 1.165) is 4.57 Å². The smallest absolute Gasteiger partial charge is 0.410 e. The van der Waals surface area contributed by atoms with E-state index in [1.807, 2.05) is 0 Å². The number of carbonyl (C=O) groups excluding carboxylic acids is 2. The van der Waals surface area contributed by atoms with Crippen LogP contribution in [0.25, 0.3) is 0 Å². The molecule has 0 saturated carbocycles. The number of esters is 1. The topological polar surface area (TPSA) is 99.8 Å². The van der Waals surface area contributed by atoms with E-state index in [0.29, 0.717) is 31.6 Å². The molecule has 150 valence electrons. The highest BCUT2D eigenvalue weighted by atomic mass is 16.6. The first-order valence-corrected chi connectivity index (χ1v) is 8.90.